The molecule has 4 atom stereocenters. The Morgan fingerprint density at radius 3 is 2.65 bits per heavy atom. The molecule has 5 nitrogen and oxygen atoms in total. The van der Waals surface area contributed by atoms with E-state index in [0.717, 1.165) is 38.1 Å². The van der Waals surface area contributed by atoms with Crippen LogP contribution in [0.15, 0.2) is 24.3 Å². The fourth-order valence-electron chi connectivity index (χ4n) is 3.76. The van der Waals surface area contributed by atoms with Gasteiger partial charge in [-0.3, -0.25) is 5.32 Å². The quantitative estimate of drug-likeness (QED) is 0.799. The second-order valence-electron chi connectivity index (χ2n) is 6.66. The molecule has 3 saturated heterocycles. The van der Waals surface area contributed by atoms with Gasteiger partial charge in [0.15, 0.2) is 0 Å². The summed E-state index contributed by atoms with van der Waals surface area (Å²) >= 11 is 0. The molecule has 8 heteroatoms. The third-order valence-electron chi connectivity index (χ3n) is 5.02. The summed E-state index contributed by atoms with van der Waals surface area (Å²) in [5.74, 6) is 3.30. The molecule has 0 spiro atoms. The Morgan fingerprint density at radius 2 is 2.08 bits per heavy atom. The predicted octanol–water partition coefficient (Wildman–Crippen LogP) is 2.06. The lowest BCUT2D eigenvalue weighted by molar-refractivity contribution is -0.945. The number of hydrogen-bond acceptors (Lipinski definition) is 3. The van der Waals surface area contributed by atoms with Crippen LogP contribution in [0.25, 0.3) is 0 Å². The summed E-state index contributed by atoms with van der Waals surface area (Å²) in [4.78, 5) is 13.3. The lowest BCUT2D eigenvalue weighted by Gasteiger charge is -2.44. The maximum absolute atomic E-state index is 12.1. The summed E-state index contributed by atoms with van der Waals surface area (Å²) in [5.41, 5.74) is 0.328. The van der Waals surface area contributed by atoms with Crippen LogP contribution in [0.5, 0.6) is 5.75 Å². The van der Waals surface area contributed by atoms with Crippen LogP contribution < -0.4 is 15.0 Å². The zero-order chi connectivity index (χ0) is 18.7. The summed E-state index contributed by atoms with van der Waals surface area (Å²) in [7, 11) is 0. The van der Waals surface area contributed by atoms with Gasteiger partial charge in [0.1, 0.15) is 18.4 Å². The van der Waals surface area contributed by atoms with Gasteiger partial charge in [0.2, 0.25) is 0 Å². The average molecular weight is 369 g/mol. The first-order chi connectivity index (χ1) is 12.3. The van der Waals surface area contributed by atoms with Gasteiger partial charge in [0.05, 0.1) is 19.0 Å². The van der Waals surface area contributed by atoms with Gasteiger partial charge < -0.3 is 14.4 Å². The van der Waals surface area contributed by atoms with Crippen molar-refractivity contribution >= 4 is 11.8 Å². The van der Waals surface area contributed by atoms with Crippen molar-refractivity contribution in [2.45, 2.75) is 25.2 Å². The molecule has 1 aromatic carbocycles. The molecule has 3 aliphatic rings. The number of alkyl halides is 3. The van der Waals surface area contributed by atoms with Crippen molar-refractivity contribution in [3.8, 4) is 18.1 Å². The van der Waals surface area contributed by atoms with Crippen molar-refractivity contribution < 1.29 is 32.3 Å². The predicted molar refractivity (Wildman–Crippen MR) is 87.6 cm³/mol. The van der Waals surface area contributed by atoms with Crippen LogP contribution >= 0.6 is 0 Å². The topological polar surface area (TPSA) is 52.0 Å². The standard InChI is InChI=1S/C18H19F3N2O3/c1-2-12-10-23-8-7-13(12)9-15(23)11-25-17(24)22-14-3-5-16(6-4-14)26-18(19,20)21/h1,3-6,12-13,15H,7-11H2,(H,22,24)/p+1/t12-,13-,15+/m0/s1. The zero-order valence-electron chi connectivity index (χ0n) is 14.0. The monoisotopic (exact) mass is 369 g/mol. The summed E-state index contributed by atoms with van der Waals surface area (Å²) in [6.07, 6.45) is 2.23. The summed E-state index contributed by atoms with van der Waals surface area (Å²) < 4.78 is 45.4. The van der Waals surface area contributed by atoms with Gasteiger partial charge in [-0.2, -0.15) is 0 Å². The van der Waals surface area contributed by atoms with Gasteiger partial charge in [0, 0.05) is 18.5 Å². The van der Waals surface area contributed by atoms with Crippen LogP contribution in [-0.4, -0.2) is 38.2 Å². The minimum atomic E-state index is -4.75. The highest BCUT2D eigenvalue weighted by Crippen LogP contribution is 2.27. The van der Waals surface area contributed by atoms with Crippen molar-refractivity contribution in [1.82, 2.24) is 0 Å². The number of rotatable bonds is 4. The van der Waals surface area contributed by atoms with E-state index in [0.29, 0.717) is 24.1 Å². The summed E-state index contributed by atoms with van der Waals surface area (Å²) in [6, 6.07) is 5.12. The number of anilines is 1. The molecule has 1 aromatic rings. The molecule has 0 aliphatic carbocycles. The van der Waals surface area contributed by atoms with E-state index >= 15 is 0 Å². The number of carbonyl (C=O) groups is 1. The normalized spacial score (nSPS) is 27.5. The lowest BCUT2D eigenvalue weighted by atomic mass is 9.76. The maximum atomic E-state index is 12.1. The number of amides is 1. The number of hydrogen-bond donors (Lipinski definition) is 2. The Hall–Kier alpha value is -2.40. The number of terminal acetylenes is 1. The molecule has 2 N–H and O–H groups in total. The number of ether oxygens (including phenoxy) is 2. The van der Waals surface area contributed by atoms with Crippen LogP contribution in [0, 0.1) is 24.2 Å². The highest BCUT2D eigenvalue weighted by atomic mass is 19.4. The smallest absolute Gasteiger partial charge is 0.443 e. The van der Waals surface area contributed by atoms with Gasteiger partial charge in [-0.15, -0.1) is 19.6 Å². The fraction of sp³-hybridized carbons (Fsp3) is 0.500. The van der Waals surface area contributed by atoms with Crippen LogP contribution in [0.4, 0.5) is 23.7 Å². The number of nitrogens with one attached hydrogen (secondary N) is 2. The molecule has 1 amide bonds. The third-order valence-corrected chi connectivity index (χ3v) is 5.02. The van der Waals surface area contributed by atoms with E-state index in [9.17, 15) is 18.0 Å². The van der Waals surface area contributed by atoms with E-state index in [1.807, 2.05) is 0 Å². The Bertz CT molecular complexity index is 684. The van der Waals surface area contributed by atoms with Crippen molar-refractivity contribution in [2.24, 2.45) is 11.8 Å². The van der Waals surface area contributed by atoms with Crippen molar-refractivity contribution in [1.29, 1.82) is 0 Å². The second kappa shape index (κ2) is 7.46. The highest BCUT2D eigenvalue weighted by Gasteiger charge is 2.43. The Labute approximate surface area is 149 Å². The van der Waals surface area contributed by atoms with Crippen molar-refractivity contribution in [3.05, 3.63) is 24.3 Å². The van der Waals surface area contributed by atoms with Gasteiger partial charge in [0.25, 0.3) is 0 Å². The van der Waals surface area contributed by atoms with Gasteiger partial charge in [-0.25, -0.2) is 4.79 Å². The number of carbonyl (C=O) groups excluding carboxylic acids is 1. The third kappa shape index (κ3) is 4.61. The minimum Gasteiger partial charge on any atom is -0.443 e. The van der Waals surface area contributed by atoms with Gasteiger partial charge >= 0.3 is 12.5 Å². The van der Waals surface area contributed by atoms with E-state index < -0.39 is 12.5 Å². The first-order valence-electron chi connectivity index (χ1n) is 8.44. The Kier molecular flexibility index (Phi) is 5.28. The largest absolute Gasteiger partial charge is 0.573 e. The van der Waals surface area contributed by atoms with E-state index in [2.05, 4.69) is 16.0 Å². The molecule has 3 fully saturated rings. The molecule has 2 bridgehead atoms. The number of benzene rings is 1. The Morgan fingerprint density at radius 1 is 1.35 bits per heavy atom. The summed E-state index contributed by atoms with van der Waals surface area (Å²) in [6.45, 7) is 2.25. The van der Waals surface area contributed by atoms with Gasteiger partial charge in [-0.1, -0.05) is 5.92 Å². The SMILES string of the molecule is C#C[C@H]1C[NH+]2CC[C@H]1C[C@@H]2COC(=O)Nc1ccc(OC(F)(F)F)cc1. The van der Waals surface area contributed by atoms with E-state index in [4.69, 9.17) is 11.2 Å². The molecule has 0 radical (unpaired) electrons. The molecule has 3 heterocycles. The minimum absolute atomic E-state index is 0.242. The van der Waals surface area contributed by atoms with Crippen LogP contribution in [-0.2, 0) is 4.74 Å². The number of fused-ring (bicyclic) bond motifs is 3. The molecule has 0 saturated carbocycles. The van der Waals surface area contributed by atoms with Crippen molar-refractivity contribution in [3.63, 3.8) is 0 Å². The fourth-order valence-corrected chi connectivity index (χ4v) is 3.76. The van der Waals surface area contributed by atoms with Gasteiger partial charge in [-0.05, 0) is 30.2 Å². The van der Waals surface area contributed by atoms with E-state index in [1.54, 1.807) is 0 Å². The molecule has 26 heavy (non-hydrogen) atoms. The maximum Gasteiger partial charge on any atom is 0.573 e. The first-order valence-corrected chi connectivity index (χ1v) is 8.44. The zero-order valence-corrected chi connectivity index (χ0v) is 14.0. The molecule has 0 aromatic heterocycles. The average Bonchev–Trinajstić information content (AvgIpc) is 2.61. The molecular weight excluding hydrogens is 349 g/mol. The molecule has 3 aliphatic heterocycles. The van der Waals surface area contributed by atoms with E-state index in [1.165, 1.54) is 17.0 Å². The molecular formula is C18H20F3N2O3+. The highest BCUT2D eigenvalue weighted by molar-refractivity contribution is 5.84. The summed E-state index contributed by atoms with van der Waals surface area (Å²) in [5, 5.41) is 2.50. The van der Waals surface area contributed by atoms with Crippen molar-refractivity contribution in [2.75, 3.05) is 25.0 Å². The number of halogens is 3. The molecule has 140 valence electrons. The van der Waals surface area contributed by atoms with E-state index in [-0.39, 0.29) is 11.8 Å². The Balaban J connectivity index is 1.46. The van der Waals surface area contributed by atoms with Crippen LogP contribution in [0.3, 0.4) is 0 Å². The second-order valence-corrected chi connectivity index (χ2v) is 6.66. The number of piperidine rings is 3. The van der Waals surface area contributed by atoms with Crippen LogP contribution in [0.2, 0.25) is 0 Å². The van der Waals surface area contributed by atoms with Crippen LogP contribution in [0.1, 0.15) is 12.8 Å². The molecule has 1 unspecified atom stereocenters. The lowest BCUT2D eigenvalue weighted by Crippen LogP contribution is -3.20. The first kappa shape index (κ1) is 18.4. The number of quaternary nitrogens is 1. The molecule has 4 rings (SSSR count).